The lowest BCUT2D eigenvalue weighted by molar-refractivity contribution is -0.140. The Balaban J connectivity index is 1.65. The molecule has 0 unspecified atom stereocenters. The van der Waals surface area contributed by atoms with E-state index >= 15 is 0 Å². The zero-order chi connectivity index (χ0) is 21.8. The maximum atomic E-state index is 12.7. The van der Waals surface area contributed by atoms with Gasteiger partial charge in [0.2, 0.25) is 11.5 Å². The van der Waals surface area contributed by atoms with E-state index in [1.165, 1.54) is 7.11 Å². The Morgan fingerprint density at radius 2 is 1.83 bits per heavy atom. The number of carbonyl (C=O) groups is 3. The molecule has 7 nitrogen and oxygen atoms in total. The molecule has 0 amide bonds. The molecule has 0 saturated heterocycles. The Bertz CT molecular complexity index is 1100. The first kappa shape index (κ1) is 21.4. The predicted molar refractivity (Wildman–Crippen MR) is 111 cm³/mol. The topological polar surface area (TPSA) is 87.7 Å². The fraction of sp³-hybridized carbons (Fsp3) is 0.348. The number of fused-ring (bicyclic) bond motifs is 1. The first-order valence-electron chi connectivity index (χ1n) is 9.75. The normalized spacial score (nSPS) is 10.9. The van der Waals surface area contributed by atoms with E-state index in [1.807, 2.05) is 36.6 Å². The Hall–Kier alpha value is -3.35. The van der Waals surface area contributed by atoms with Crippen molar-refractivity contribution in [2.75, 3.05) is 13.7 Å². The minimum atomic E-state index is -0.663. The Morgan fingerprint density at radius 1 is 1.10 bits per heavy atom. The van der Waals surface area contributed by atoms with E-state index in [0.29, 0.717) is 36.1 Å². The van der Waals surface area contributed by atoms with Crippen LogP contribution in [0.5, 0.6) is 0 Å². The molecule has 3 rings (SSSR count). The molecule has 30 heavy (non-hydrogen) atoms. The number of rotatable bonds is 8. The summed E-state index contributed by atoms with van der Waals surface area (Å²) < 4.78 is 17.4. The highest BCUT2D eigenvalue weighted by atomic mass is 16.5. The molecular formula is C23H25NO6. The number of ether oxygens (including phenoxy) is 2. The second kappa shape index (κ2) is 8.98. The van der Waals surface area contributed by atoms with Crippen LogP contribution >= 0.6 is 0 Å². The number of ketones is 1. The molecule has 0 saturated carbocycles. The van der Waals surface area contributed by atoms with Crippen LogP contribution in [-0.2, 0) is 20.8 Å². The number of carbonyl (C=O) groups excluding carboxylic acids is 3. The average Bonchev–Trinajstić information content (AvgIpc) is 3.23. The smallest absolute Gasteiger partial charge is 0.375 e. The number of aryl methyl sites for hydroxylation is 2. The van der Waals surface area contributed by atoms with Gasteiger partial charge in [0, 0.05) is 40.9 Å². The van der Waals surface area contributed by atoms with E-state index in [4.69, 9.17) is 9.15 Å². The van der Waals surface area contributed by atoms with Crippen molar-refractivity contribution in [3.8, 4) is 0 Å². The molecule has 2 heterocycles. The monoisotopic (exact) mass is 411 g/mol. The van der Waals surface area contributed by atoms with Gasteiger partial charge in [-0.05, 0) is 39.3 Å². The van der Waals surface area contributed by atoms with E-state index in [9.17, 15) is 14.4 Å². The number of hydrogen-bond donors (Lipinski definition) is 0. The van der Waals surface area contributed by atoms with Gasteiger partial charge in [-0.3, -0.25) is 9.59 Å². The largest absolute Gasteiger partial charge is 0.469 e. The number of para-hydroxylation sites is 1. The highest BCUT2D eigenvalue weighted by Gasteiger charge is 2.22. The fourth-order valence-electron chi connectivity index (χ4n) is 3.55. The van der Waals surface area contributed by atoms with Gasteiger partial charge in [-0.25, -0.2) is 4.79 Å². The quantitative estimate of drug-likeness (QED) is 0.409. The number of esters is 2. The molecule has 7 heteroatoms. The lowest BCUT2D eigenvalue weighted by Crippen LogP contribution is -2.15. The van der Waals surface area contributed by atoms with Gasteiger partial charge in [0.1, 0.15) is 5.58 Å². The molecule has 0 N–H and O–H groups in total. The van der Waals surface area contributed by atoms with Crippen LogP contribution in [0.4, 0.5) is 0 Å². The molecule has 0 fully saturated rings. The zero-order valence-corrected chi connectivity index (χ0v) is 17.6. The van der Waals surface area contributed by atoms with Gasteiger partial charge in [0.25, 0.3) is 0 Å². The van der Waals surface area contributed by atoms with Gasteiger partial charge < -0.3 is 18.5 Å². The van der Waals surface area contributed by atoms with Crippen molar-refractivity contribution in [1.29, 1.82) is 0 Å². The van der Waals surface area contributed by atoms with Crippen molar-refractivity contribution in [1.82, 2.24) is 4.57 Å². The Kier molecular flexibility index (Phi) is 6.40. The Morgan fingerprint density at radius 3 is 2.53 bits per heavy atom. The van der Waals surface area contributed by atoms with Gasteiger partial charge in [-0.1, -0.05) is 18.2 Å². The molecular weight excluding hydrogens is 386 g/mol. The van der Waals surface area contributed by atoms with Crippen molar-refractivity contribution in [2.45, 2.75) is 40.2 Å². The van der Waals surface area contributed by atoms with Crippen LogP contribution in [-0.4, -0.2) is 36.0 Å². The standard InChI is InChI=1S/C23H25NO6/c1-14-12-18(16(3)24(14)11-7-10-21(26)28-4)19(25)13-29-23(27)22-15(2)17-8-5-6-9-20(17)30-22/h5-6,8-9,12H,7,10-11,13H2,1-4H3. The van der Waals surface area contributed by atoms with Crippen LogP contribution in [0.2, 0.25) is 0 Å². The molecule has 0 aliphatic carbocycles. The summed E-state index contributed by atoms with van der Waals surface area (Å²) in [6.07, 6.45) is 0.919. The number of furan rings is 1. The molecule has 0 atom stereocenters. The first-order chi connectivity index (χ1) is 14.3. The van der Waals surface area contributed by atoms with Gasteiger partial charge in [-0.2, -0.15) is 0 Å². The third-order valence-corrected chi connectivity index (χ3v) is 5.23. The number of nitrogens with zero attached hydrogens (tertiary/aromatic N) is 1. The number of Topliss-reactive ketones (excluding diaryl/α,β-unsaturated/α-hetero) is 1. The van der Waals surface area contributed by atoms with E-state index in [1.54, 1.807) is 19.1 Å². The van der Waals surface area contributed by atoms with Gasteiger partial charge in [-0.15, -0.1) is 0 Å². The third kappa shape index (κ3) is 4.30. The van der Waals surface area contributed by atoms with Gasteiger partial charge >= 0.3 is 11.9 Å². The highest BCUT2D eigenvalue weighted by molar-refractivity contribution is 6.01. The molecule has 0 bridgehead atoms. The lowest BCUT2D eigenvalue weighted by Gasteiger charge is -2.09. The molecule has 0 spiro atoms. The minimum Gasteiger partial charge on any atom is -0.469 e. The van der Waals surface area contributed by atoms with Crippen LogP contribution < -0.4 is 0 Å². The number of benzene rings is 1. The molecule has 158 valence electrons. The zero-order valence-electron chi connectivity index (χ0n) is 17.6. The van der Waals surface area contributed by atoms with Crippen molar-refractivity contribution < 1.29 is 28.3 Å². The number of hydrogen-bond acceptors (Lipinski definition) is 6. The summed E-state index contributed by atoms with van der Waals surface area (Å²) in [6.45, 7) is 5.74. The second-order valence-corrected chi connectivity index (χ2v) is 7.17. The van der Waals surface area contributed by atoms with Crippen LogP contribution in [0.25, 0.3) is 11.0 Å². The molecule has 3 aromatic rings. The Labute approximate surface area is 174 Å². The minimum absolute atomic E-state index is 0.109. The number of methoxy groups -OCH3 is 1. The second-order valence-electron chi connectivity index (χ2n) is 7.17. The maximum absolute atomic E-state index is 12.7. The summed E-state index contributed by atoms with van der Waals surface area (Å²) in [5.74, 6) is -1.10. The summed E-state index contributed by atoms with van der Waals surface area (Å²) in [7, 11) is 1.36. The fourth-order valence-corrected chi connectivity index (χ4v) is 3.55. The maximum Gasteiger partial charge on any atom is 0.375 e. The highest BCUT2D eigenvalue weighted by Crippen LogP contribution is 2.25. The van der Waals surface area contributed by atoms with Crippen LogP contribution in [0.3, 0.4) is 0 Å². The summed E-state index contributed by atoms with van der Waals surface area (Å²) in [5.41, 5.74) is 3.47. The van der Waals surface area contributed by atoms with Crippen molar-refractivity contribution in [3.05, 3.63) is 58.6 Å². The third-order valence-electron chi connectivity index (χ3n) is 5.23. The molecule has 2 aromatic heterocycles. The summed E-state index contributed by atoms with van der Waals surface area (Å²) in [5, 5.41) is 0.839. The van der Waals surface area contributed by atoms with E-state index in [-0.39, 0.29) is 24.1 Å². The molecule has 0 radical (unpaired) electrons. The molecule has 0 aliphatic rings. The van der Waals surface area contributed by atoms with E-state index < -0.39 is 5.97 Å². The SMILES string of the molecule is COC(=O)CCCn1c(C)cc(C(=O)COC(=O)c2oc3ccccc3c2C)c1C. The van der Waals surface area contributed by atoms with Gasteiger partial charge in [0.05, 0.1) is 7.11 Å². The van der Waals surface area contributed by atoms with Crippen LogP contribution in [0, 0.1) is 20.8 Å². The van der Waals surface area contributed by atoms with E-state index in [0.717, 1.165) is 16.8 Å². The predicted octanol–water partition coefficient (Wildman–Crippen LogP) is 4.15. The van der Waals surface area contributed by atoms with E-state index in [2.05, 4.69) is 4.74 Å². The molecule has 0 aliphatic heterocycles. The van der Waals surface area contributed by atoms with Gasteiger partial charge in [0.15, 0.2) is 6.61 Å². The van der Waals surface area contributed by atoms with Crippen LogP contribution in [0.1, 0.15) is 50.7 Å². The lowest BCUT2D eigenvalue weighted by atomic mass is 10.1. The van der Waals surface area contributed by atoms with Crippen molar-refractivity contribution in [3.63, 3.8) is 0 Å². The first-order valence-corrected chi connectivity index (χ1v) is 9.75. The summed E-state index contributed by atoms with van der Waals surface area (Å²) >= 11 is 0. The number of aromatic nitrogens is 1. The summed E-state index contributed by atoms with van der Waals surface area (Å²) in [6, 6.07) is 9.11. The van der Waals surface area contributed by atoms with Crippen molar-refractivity contribution >= 4 is 28.7 Å². The summed E-state index contributed by atoms with van der Waals surface area (Å²) in [4.78, 5) is 36.4. The molecule has 1 aromatic carbocycles. The van der Waals surface area contributed by atoms with Crippen molar-refractivity contribution in [2.24, 2.45) is 0 Å². The average molecular weight is 411 g/mol. The van der Waals surface area contributed by atoms with Crippen LogP contribution in [0.15, 0.2) is 34.7 Å².